The van der Waals surface area contributed by atoms with Gasteiger partial charge in [-0.25, -0.2) is 4.79 Å². The monoisotopic (exact) mass is 360 g/mol. The number of carboxylic acids is 1. The Hall–Kier alpha value is -1.08. The van der Waals surface area contributed by atoms with Crippen molar-refractivity contribution in [3.63, 3.8) is 0 Å². The summed E-state index contributed by atoms with van der Waals surface area (Å²) in [5, 5.41) is 11.8. The number of carbonyl (C=O) groups excluding carboxylic acids is 1. The van der Waals surface area contributed by atoms with Crippen LogP contribution in [0.1, 0.15) is 11.8 Å². The molecule has 1 atom stereocenters. The van der Waals surface area contributed by atoms with Gasteiger partial charge >= 0.3 is 12.0 Å². The minimum atomic E-state index is -0.793. The van der Waals surface area contributed by atoms with Crippen molar-refractivity contribution in [2.45, 2.75) is 13.3 Å². The average molecular weight is 361 g/mol. The van der Waals surface area contributed by atoms with Gasteiger partial charge in [0.15, 0.2) is 0 Å². The summed E-state index contributed by atoms with van der Waals surface area (Å²) < 4.78 is 1.09. The molecule has 2 heterocycles. The summed E-state index contributed by atoms with van der Waals surface area (Å²) in [6.07, 6.45) is 0.810. The van der Waals surface area contributed by atoms with Crippen molar-refractivity contribution in [2.75, 3.05) is 19.6 Å². The van der Waals surface area contributed by atoms with Crippen LogP contribution in [-0.2, 0) is 11.2 Å². The molecule has 0 spiro atoms. The summed E-state index contributed by atoms with van der Waals surface area (Å²) in [7, 11) is 0. The molecular formula is C13H17BrN2O3S. The average Bonchev–Trinajstić information content (AvgIpc) is 2.73. The molecule has 2 N–H and O–H groups in total. The van der Waals surface area contributed by atoms with Crippen LogP contribution in [0.5, 0.6) is 0 Å². The van der Waals surface area contributed by atoms with Crippen LogP contribution in [0.25, 0.3) is 0 Å². The number of carboxylic acid groups (broad SMARTS) is 1. The first-order valence-electron chi connectivity index (χ1n) is 6.47. The third-order valence-corrected chi connectivity index (χ3v) is 5.25. The Labute approximate surface area is 130 Å². The van der Waals surface area contributed by atoms with Gasteiger partial charge in [-0.15, -0.1) is 11.3 Å². The quantitative estimate of drug-likeness (QED) is 0.846. The number of hydrogen-bond donors (Lipinski definition) is 2. The van der Waals surface area contributed by atoms with Crippen LogP contribution < -0.4 is 5.32 Å². The molecular weight excluding hydrogens is 344 g/mol. The fourth-order valence-electron chi connectivity index (χ4n) is 2.09. The molecule has 1 aromatic heterocycles. The van der Waals surface area contributed by atoms with Crippen molar-refractivity contribution < 1.29 is 14.7 Å². The Morgan fingerprint density at radius 2 is 2.25 bits per heavy atom. The molecule has 1 aliphatic rings. The fraction of sp³-hybridized carbons (Fsp3) is 0.538. The molecule has 1 unspecified atom stereocenters. The third-order valence-electron chi connectivity index (χ3n) is 3.57. The van der Waals surface area contributed by atoms with E-state index in [1.54, 1.807) is 23.2 Å². The predicted molar refractivity (Wildman–Crippen MR) is 81.0 cm³/mol. The van der Waals surface area contributed by atoms with E-state index in [1.165, 1.54) is 4.88 Å². The van der Waals surface area contributed by atoms with E-state index in [2.05, 4.69) is 21.2 Å². The predicted octanol–water partition coefficient (Wildman–Crippen LogP) is 2.42. The first-order valence-corrected chi connectivity index (χ1v) is 8.08. The molecule has 7 heteroatoms. The van der Waals surface area contributed by atoms with E-state index in [0.29, 0.717) is 19.6 Å². The van der Waals surface area contributed by atoms with Crippen molar-refractivity contribution in [1.29, 1.82) is 0 Å². The maximum Gasteiger partial charge on any atom is 0.317 e. The molecule has 5 nitrogen and oxygen atoms in total. The Morgan fingerprint density at radius 3 is 2.80 bits per heavy atom. The highest BCUT2D eigenvalue weighted by atomic mass is 79.9. The van der Waals surface area contributed by atoms with E-state index < -0.39 is 5.97 Å². The van der Waals surface area contributed by atoms with E-state index in [1.807, 2.05) is 12.1 Å². The largest absolute Gasteiger partial charge is 0.481 e. The van der Waals surface area contributed by atoms with E-state index in [0.717, 1.165) is 10.2 Å². The SMILES string of the molecule is CC(C(=O)O)C1CN(C(=O)NCCc2ccc(Br)s2)C1. The van der Waals surface area contributed by atoms with Gasteiger partial charge in [-0.1, -0.05) is 6.92 Å². The number of halogens is 1. The van der Waals surface area contributed by atoms with Gasteiger partial charge in [0, 0.05) is 30.4 Å². The van der Waals surface area contributed by atoms with Gasteiger partial charge in [-0.05, 0) is 34.5 Å². The van der Waals surface area contributed by atoms with Crippen molar-refractivity contribution >= 4 is 39.3 Å². The molecule has 2 amide bonds. The summed E-state index contributed by atoms with van der Waals surface area (Å²) in [5.41, 5.74) is 0. The Balaban J connectivity index is 1.66. The molecule has 1 aromatic rings. The molecule has 1 aliphatic heterocycles. The molecule has 0 aromatic carbocycles. The topological polar surface area (TPSA) is 69.6 Å². The van der Waals surface area contributed by atoms with Crippen LogP contribution in [0.3, 0.4) is 0 Å². The van der Waals surface area contributed by atoms with Gasteiger partial charge in [0.05, 0.1) is 9.70 Å². The first kappa shape index (κ1) is 15.3. The number of nitrogens with zero attached hydrogens (tertiary/aromatic N) is 1. The summed E-state index contributed by atoms with van der Waals surface area (Å²) in [6, 6.07) is 3.93. The number of urea groups is 1. The fourth-order valence-corrected chi connectivity index (χ4v) is 3.57. The molecule has 1 saturated heterocycles. The summed E-state index contributed by atoms with van der Waals surface area (Å²) in [5.74, 6) is -1.10. The lowest BCUT2D eigenvalue weighted by Crippen LogP contribution is -2.56. The molecule has 2 rings (SSSR count). The van der Waals surface area contributed by atoms with Crippen LogP contribution >= 0.6 is 27.3 Å². The summed E-state index contributed by atoms with van der Waals surface area (Å²) in [6.45, 7) is 3.35. The summed E-state index contributed by atoms with van der Waals surface area (Å²) in [4.78, 5) is 25.5. The van der Waals surface area contributed by atoms with Crippen molar-refractivity contribution in [3.8, 4) is 0 Å². The van der Waals surface area contributed by atoms with Crippen LogP contribution in [0.15, 0.2) is 15.9 Å². The number of carbonyl (C=O) groups is 2. The molecule has 0 radical (unpaired) electrons. The highest BCUT2D eigenvalue weighted by Gasteiger charge is 2.36. The molecule has 0 aliphatic carbocycles. The smallest absolute Gasteiger partial charge is 0.317 e. The van der Waals surface area contributed by atoms with Crippen LogP contribution in [0.2, 0.25) is 0 Å². The summed E-state index contributed by atoms with van der Waals surface area (Å²) >= 11 is 5.06. The number of likely N-dealkylation sites (tertiary alicyclic amines) is 1. The number of nitrogens with one attached hydrogen (secondary N) is 1. The van der Waals surface area contributed by atoms with Crippen molar-refractivity contribution in [1.82, 2.24) is 10.2 Å². The normalized spacial score (nSPS) is 16.6. The van der Waals surface area contributed by atoms with E-state index in [9.17, 15) is 9.59 Å². The Bertz CT molecular complexity index is 500. The van der Waals surface area contributed by atoms with Crippen molar-refractivity contribution in [3.05, 3.63) is 20.8 Å². The number of hydrogen-bond acceptors (Lipinski definition) is 3. The van der Waals surface area contributed by atoms with Gasteiger partial charge in [0.25, 0.3) is 0 Å². The lowest BCUT2D eigenvalue weighted by molar-refractivity contribution is -0.144. The van der Waals surface area contributed by atoms with Gasteiger partial charge in [-0.2, -0.15) is 0 Å². The second-order valence-electron chi connectivity index (χ2n) is 4.98. The second kappa shape index (κ2) is 6.58. The minimum Gasteiger partial charge on any atom is -0.481 e. The number of thiophene rings is 1. The maximum absolute atomic E-state index is 11.8. The van der Waals surface area contributed by atoms with Gasteiger partial charge < -0.3 is 15.3 Å². The molecule has 110 valence electrons. The zero-order valence-electron chi connectivity index (χ0n) is 11.1. The van der Waals surface area contributed by atoms with Crippen LogP contribution in [-0.4, -0.2) is 41.6 Å². The highest BCUT2D eigenvalue weighted by molar-refractivity contribution is 9.11. The number of aliphatic carboxylic acids is 1. The number of rotatable bonds is 5. The maximum atomic E-state index is 11.8. The number of amides is 2. The lowest BCUT2D eigenvalue weighted by atomic mass is 9.87. The highest BCUT2D eigenvalue weighted by Crippen LogP contribution is 2.24. The minimum absolute atomic E-state index is 0.0755. The second-order valence-corrected chi connectivity index (χ2v) is 7.53. The molecule has 0 bridgehead atoms. The zero-order chi connectivity index (χ0) is 14.7. The van der Waals surface area contributed by atoms with E-state index >= 15 is 0 Å². The Kier molecular flexibility index (Phi) is 5.04. The third kappa shape index (κ3) is 3.73. The zero-order valence-corrected chi connectivity index (χ0v) is 13.5. The van der Waals surface area contributed by atoms with Crippen LogP contribution in [0.4, 0.5) is 4.79 Å². The van der Waals surface area contributed by atoms with E-state index in [-0.39, 0.29) is 17.9 Å². The van der Waals surface area contributed by atoms with E-state index in [4.69, 9.17) is 5.11 Å². The Morgan fingerprint density at radius 1 is 1.55 bits per heavy atom. The van der Waals surface area contributed by atoms with Gasteiger partial charge in [0.2, 0.25) is 0 Å². The van der Waals surface area contributed by atoms with Crippen molar-refractivity contribution in [2.24, 2.45) is 11.8 Å². The molecule has 20 heavy (non-hydrogen) atoms. The van der Waals surface area contributed by atoms with Crippen LogP contribution in [0, 0.1) is 11.8 Å². The molecule has 1 fully saturated rings. The standard InChI is InChI=1S/C13H17BrN2O3S/c1-8(12(17)18)9-6-16(7-9)13(19)15-5-4-10-2-3-11(14)20-10/h2-3,8-9H,4-7H2,1H3,(H,15,19)(H,17,18). The van der Waals surface area contributed by atoms with Gasteiger partial charge in [-0.3, -0.25) is 4.79 Å². The first-order chi connectivity index (χ1) is 9.47. The van der Waals surface area contributed by atoms with Gasteiger partial charge in [0.1, 0.15) is 0 Å². The lowest BCUT2D eigenvalue weighted by Gasteiger charge is -2.41. The molecule has 0 saturated carbocycles.